The maximum atomic E-state index is 12.9. The molecule has 3 rings (SSSR count). The number of hydrogen-bond donors (Lipinski definition) is 3. The van der Waals surface area contributed by atoms with Gasteiger partial charge in [0.05, 0.1) is 24.7 Å². The molecule has 0 bridgehead atoms. The van der Waals surface area contributed by atoms with E-state index < -0.39 is 27.7 Å². The van der Waals surface area contributed by atoms with E-state index in [0.717, 1.165) is 25.0 Å². The summed E-state index contributed by atoms with van der Waals surface area (Å²) in [6.07, 6.45) is -2.90. The minimum Gasteiger partial charge on any atom is -0.492 e. The van der Waals surface area contributed by atoms with Crippen LogP contribution in [0, 0.1) is 11.8 Å². The summed E-state index contributed by atoms with van der Waals surface area (Å²) in [6, 6.07) is 7.70. The molecule has 32 heavy (non-hydrogen) atoms. The van der Waals surface area contributed by atoms with E-state index in [2.05, 4.69) is 10.0 Å². The largest absolute Gasteiger partial charge is 0.492 e. The molecule has 3 N–H and O–H groups in total. The molecule has 2 aromatic carbocycles. The summed E-state index contributed by atoms with van der Waals surface area (Å²) in [5.41, 5.74) is -0.972. The first-order valence-electron chi connectivity index (χ1n) is 9.93. The van der Waals surface area contributed by atoms with Gasteiger partial charge < -0.3 is 15.2 Å². The van der Waals surface area contributed by atoms with Gasteiger partial charge >= 0.3 is 6.18 Å². The number of hydrogen-bond acceptors (Lipinski definition) is 5. The summed E-state index contributed by atoms with van der Waals surface area (Å²) in [5.74, 6) is -0.869. The van der Waals surface area contributed by atoms with Crippen LogP contribution in [0.3, 0.4) is 0 Å². The predicted molar refractivity (Wildman–Crippen MR) is 112 cm³/mol. The molecule has 1 fully saturated rings. The van der Waals surface area contributed by atoms with E-state index in [4.69, 9.17) is 4.74 Å². The Bertz CT molecular complexity index is 1090. The van der Waals surface area contributed by atoms with Crippen molar-refractivity contribution in [3.63, 3.8) is 0 Å². The van der Waals surface area contributed by atoms with Gasteiger partial charge in [0.1, 0.15) is 10.6 Å². The Morgan fingerprint density at radius 2 is 1.91 bits per heavy atom. The molecular weight excluding hydrogens is 449 g/mol. The van der Waals surface area contributed by atoms with Gasteiger partial charge in [0.2, 0.25) is 5.91 Å². The lowest BCUT2D eigenvalue weighted by Crippen LogP contribution is -2.27. The number of halogens is 3. The van der Waals surface area contributed by atoms with Gasteiger partial charge in [0.15, 0.2) is 0 Å². The molecule has 174 valence electrons. The van der Waals surface area contributed by atoms with E-state index in [1.807, 2.05) is 0 Å². The van der Waals surface area contributed by atoms with Crippen LogP contribution in [0.2, 0.25) is 0 Å². The molecule has 1 aliphatic carbocycles. The third-order valence-corrected chi connectivity index (χ3v) is 6.39. The topological polar surface area (TPSA) is 105 Å². The van der Waals surface area contributed by atoms with Crippen molar-refractivity contribution in [1.29, 1.82) is 0 Å². The third kappa shape index (κ3) is 5.71. The molecule has 1 amide bonds. The number of carbonyl (C=O) groups is 1. The first-order valence-corrected chi connectivity index (χ1v) is 11.4. The third-order valence-electron chi connectivity index (χ3n) is 4.97. The first kappa shape index (κ1) is 23.9. The summed E-state index contributed by atoms with van der Waals surface area (Å²) in [6.45, 7) is 1.46. The molecule has 2 aromatic rings. The van der Waals surface area contributed by atoms with Crippen LogP contribution in [-0.2, 0) is 21.0 Å². The highest BCUT2D eigenvalue weighted by Crippen LogP contribution is 2.38. The average Bonchev–Trinajstić information content (AvgIpc) is 3.53. The number of carbonyl (C=O) groups excluding carboxylic acids is 1. The number of anilines is 2. The number of aliphatic hydroxyl groups excluding tert-OH is 1. The monoisotopic (exact) mass is 472 g/mol. The fourth-order valence-electron chi connectivity index (χ4n) is 3.22. The van der Waals surface area contributed by atoms with Gasteiger partial charge in [-0.3, -0.25) is 9.52 Å². The number of amides is 1. The van der Waals surface area contributed by atoms with Crippen molar-refractivity contribution in [3.05, 3.63) is 48.0 Å². The van der Waals surface area contributed by atoms with Crippen LogP contribution in [0.1, 0.15) is 25.3 Å². The van der Waals surface area contributed by atoms with Gasteiger partial charge in [-0.15, -0.1) is 0 Å². The molecule has 1 saturated carbocycles. The van der Waals surface area contributed by atoms with Crippen LogP contribution in [0.25, 0.3) is 0 Å². The van der Waals surface area contributed by atoms with Gasteiger partial charge in [0, 0.05) is 17.4 Å². The SMILES string of the molecule is CCOc1cc(NC(=O)[C@@H](CO)C2CC2)ccc1S(=O)(=O)Nc1cccc(C(F)(F)F)c1. The summed E-state index contributed by atoms with van der Waals surface area (Å²) >= 11 is 0. The lowest BCUT2D eigenvalue weighted by atomic mass is 10.0. The van der Waals surface area contributed by atoms with Gasteiger partial charge in [-0.1, -0.05) is 6.07 Å². The van der Waals surface area contributed by atoms with E-state index in [-0.39, 0.29) is 47.1 Å². The van der Waals surface area contributed by atoms with Crippen LogP contribution in [0.5, 0.6) is 5.75 Å². The van der Waals surface area contributed by atoms with E-state index in [9.17, 15) is 31.5 Å². The van der Waals surface area contributed by atoms with Crippen molar-refractivity contribution in [2.24, 2.45) is 11.8 Å². The summed E-state index contributed by atoms with van der Waals surface area (Å²) < 4.78 is 72.0. The van der Waals surface area contributed by atoms with Crippen LogP contribution in [-0.4, -0.2) is 32.6 Å². The average molecular weight is 472 g/mol. The highest BCUT2D eigenvalue weighted by atomic mass is 32.2. The van der Waals surface area contributed by atoms with Crippen LogP contribution in [0.15, 0.2) is 47.4 Å². The predicted octanol–water partition coefficient (Wildman–Crippen LogP) is 3.86. The summed E-state index contributed by atoms with van der Waals surface area (Å²) in [7, 11) is -4.29. The number of alkyl halides is 3. The lowest BCUT2D eigenvalue weighted by molar-refractivity contribution is -0.137. The number of ether oxygens (including phenoxy) is 1. The molecule has 0 unspecified atom stereocenters. The number of aliphatic hydroxyl groups is 1. The molecule has 7 nitrogen and oxygen atoms in total. The quantitative estimate of drug-likeness (QED) is 0.514. The summed E-state index contributed by atoms with van der Waals surface area (Å²) in [5, 5.41) is 12.1. The minimum atomic E-state index is -4.62. The normalized spacial score (nSPS) is 15.2. The van der Waals surface area contributed by atoms with E-state index in [1.165, 1.54) is 24.3 Å². The zero-order valence-electron chi connectivity index (χ0n) is 17.1. The van der Waals surface area contributed by atoms with Crippen molar-refractivity contribution in [3.8, 4) is 5.75 Å². The first-order chi connectivity index (χ1) is 15.0. The Labute approximate surface area is 183 Å². The van der Waals surface area contributed by atoms with Crippen LogP contribution in [0.4, 0.5) is 24.5 Å². The highest BCUT2D eigenvalue weighted by molar-refractivity contribution is 7.92. The van der Waals surface area contributed by atoms with Gasteiger partial charge in [-0.2, -0.15) is 13.2 Å². The second kappa shape index (κ2) is 9.37. The van der Waals surface area contributed by atoms with Gasteiger partial charge in [-0.25, -0.2) is 8.42 Å². The van der Waals surface area contributed by atoms with Crippen molar-refractivity contribution < 1.29 is 36.2 Å². The van der Waals surface area contributed by atoms with E-state index in [1.54, 1.807) is 6.92 Å². The molecule has 0 heterocycles. The maximum absolute atomic E-state index is 12.9. The van der Waals surface area contributed by atoms with E-state index >= 15 is 0 Å². The van der Waals surface area contributed by atoms with Crippen LogP contribution < -0.4 is 14.8 Å². The lowest BCUT2D eigenvalue weighted by Gasteiger charge is -2.17. The molecule has 0 saturated heterocycles. The Balaban J connectivity index is 1.85. The zero-order chi connectivity index (χ0) is 23.5. The molecule has 0 radical (unpaired) electrons. The molecule has 1 atom stereocenters. The fourth-order valence-corrected chi connectivity index (χ4v) is 4.40. The molecule has 0 aliphatic heterocycles. The van der Waals surface area contributed by atoms with Crippen molar-refractivity contribution in [2.75, 3.05) is 23.3 Å². The maximum Gasteiger partial charge on any atom is 0.416 e. The smallest absolute Gasteiger partial charge is 0.416 e. The zero-order valence-corrected chi connectivity index (χ0v) is 18.0. The van der Waals surface area contributed by atoms with Crippen molar-refractivity contribution in [2.45, 2.75) is 30.8 Å². The number of rotatable bonds is 9. The Morgan fingerprint density at radius 1 is 1.19 bits per heavy atom. The van der Waals surface area contributed by atoms with Gasteiger partial charge in [0.25, 0.3) is 10.0 Å². The Morgan fingerprint density at radius 3 is 2.50 bits per heavy atom. The number of nitrogens with one attached hydrogen (secondary N) is 2. The summed E-state index contributed by atoms with van der Waals surface area (Å²) in [4.78, 5) is 12.1. The number of sulfonamides is 1. The minimum absolute atomic E-state index is 0.0725. The fraction of sp³-hybridized carbons (Fsp3) is 0.381. The standard InChI is InChI=1S/C21H23F3N2O5S/c1-2-31-18-11-15(25-20(28)17(12-27)13-6-7-13)8-9-19(18)32(29,30)26-16-5-3-4-14(10-16)21(22,23)24/h3-5,8-11,13,17,26-27H,2,6-7,12H2,1H3,(H,25,28)/t17-/m0/s1. The van der Waals surface area contributed by atoms with Crippen molar-refractivity contribution >= 4 is 27.3 Å². The van der Waals surface area contributed by atoms with Crippen LogP contribution >= 0.6 is 0 Å². The van der Waals surface area contributed by atoms with E-state index in [0.29, 0.717) is 6.07 Å². The van der Waals surface area contributed by atoms with Gasteiger partial charge in [-0.05, 0) is 56.0 Å². The molecular formula is C21H23F3N2O5S. The second-order valence-electron chi connectivity index (χ2n) is 7.39. The second-order valence-corrected chi connectivity index (χ2v) is 9.05. The molecule has 1 aliphatic rings. The highest BCUT2D eigenvalue weighted by Gasteiger charge is 2.36. The molecule has 0 spiro atoms. The number of benzene rings is 2. The molecule has 11 heteroatoms. The Hall–Kier alpha value is -2.79. The molecule has 0 aromatic heterocycles. The Kier molecular flexibility index (Phi) is 6.99. The van der Waals surface area contributed by atoms with Crippen molar-refractivity contribution in [1.82, 2.24) is 0 Å².